The Labute approximate surface area is 214 Å². The first kappa shape index (κ1) is 27.1. The van der Waals surface area contributed by atoms with Crippen LogP contribution in [0.3, 0.4) is 0 Å². The summed E-state index contributed by atoms with van der Waals surface area (Å²) >= 11 is 0. The standard InChI is InChI=1S/C29H37NO3SSi/c1-28(2,3)34(31)30-27(23-18-20-24(32-7)21-19-23)22-33-35(29(4,5)6,25-14-10-8-11-15-25)26-16-12-9-13-17-26/h8-21H,22H2,1-7H3/b30-27+/t34-/m0/s1. The molecule has 0 heterocycles. The highest BCUT2D eigenvalue weighted by molar-refractivity contribution is 7.85. The average Bonchev–Trinajstić information content (AvgIpc) is 2.83. The van der Waals surface area contributed by atoms with Gasteiger partial charge in [-0.1, -0.05) is 81.4 Å². The summed E-state index contributed by atoms with van der Waals surface area (Å²) in [6, 6.07) is 28.7. The van der Waals surface area contributed by atoms with E-state index in [1.807, 2.05) is 57.2 Å². The van der Waals surface area contributed by atoms with E-state index in [-0.39, 0.29) is 11.6 Å². The van der Waals surface area contributed by atoms with Gasteiger partial charge < -0.3 is 9.16 Å². The van der Waals surface area contributed by atoms with Gasteiger partial charge in [-0.3, -0.25) is 0 Å². The maximum Gasteiger partial charge on any atom is 0.261 e. The van der Waals surface area contributed by atoms with Gasteiger partial charge in [-0.15, -0.1) is 0 Å². The summed E-state index contributed by atoms with van der Waals surface area (Å²) < 4.78 is 29.7. The number of hydrogen-bond acceptors (Lipinski definition) is 3. The number of rotatable bonds is 8. The van der Waals surface area contributed by atoms with Gasteiger partial charge in [-0.05, 0) is 66.0 Å². The molecule has 3 aromatic rings. The SMILES string of the molecule is COc1ccc(/C(CO[Si](c2ccccc2)(c2ccccc2)C(C)(C)C)=N/[S@@](=O)C(C)(C)C)cc1. The molecule has 0 saturated carbocycles. The minimum atomic E-state index is -2.76. The van der Waals surface area contributed by atoms with Crippen molar-refractivity contribution in [3.05, 3.63) is 90.5 Å². The summed E-state index contributed by atoms with van der Waals surface area (Å²) in [4.78, 5) is 0. The second-order valence-electron chi connectivity index (χ2n) is 10.6. The van der Waals surface area contributed by atoms with E-state index in [0.29, 0.717) is 5.71 Å². The Kier molecular flexibility index (Phi) is 8.52. The van der Waals surface area contributed by atoms with Gasteiger partial charge in [0.15, 0.2) is 0 Å². The minimum Gasteiger partial charge on any atom is -0.497 e. The molecule has 4 nitrogen and oxygen atoms in total. The second-order valence-corrected chi connectivity index (χ2v) is 16.8. The summed E-state index contributed by atoms with van der Waals surface area (Å²) in [6.45, 7) is 12.8. The van der Waals surface area contributed by atoms with Crippen LogP contribution in [0.1, 0.15) is 47.1 Å². The number of benzene rings is 3. The molecule has 0 fully saturated rings. The predicted molar refractivity (Wildman–Crippen MR) is 151 cm³/mol. The quantitative estimate of drug-likeness (QED) is 0.298. The molecule has 3 aromatic carbocycles. The van der Waals surface area contributed by atoms with Crippen LogP contribution in [0.15, 0.2) is 89.3 Å². The van der Waals surface area contributed by atoms with Gasteiger partial charge in [-0.25, -0.2) is 4.21 Å². The maximum absolute atomic E-state index is 13.1. The number of methoxy groups -OCH3 is 1. The van der Waals surface area contributed by atoms with Gasteiger partial charge in [0.2, 0.25) is 0 Å². The first-order chi connectivity index (χ1) is 16.5. The Morgan fingerprint density at radius 2 is 1.29 bits per heavy atom. The van der Waals surface area contributed by atoms with E-state index >= 15 is 0 Å². The average molecular weight is 508 g/mol. The molecule has 35 heavy (non-hydrogen) atoms. The molecule has 1 atom stereocenters. The molecule has 0 aromatic heterocycles. The van der Waals surface area contributed by atoms with E-state index in [1.54, 1.807) is 7.11 Å². The Morgan fingerprint density at radius 3 is 1.69 bits per heavy atom. The van der Waals surface area contributed by atoms with Crippen molar-refractivity contribution in [3.8, 4) is 5.75 Å². The van der Waals surface area contributed by atoms with E-state index in [2.05, 4.69) is 69.3 Å². The number of hydrogen-bond donors (Lipinski definition) is 0. The minimum absolute atomic E-state index is 0.163. The Hall–Kier alpha value is -2.54. The number of nitrogens with zero attached hydrogens (tertiary/aromatic N) is 1. The van der Waals surface area contributed by atoms with E-state index < -0.39 is 24.1 Å². The molecule has 0 aliphatic carbocycles. The van der Waals surface area contributed by atoms with Crippen LogP contribution in [0, 0.1) is 0 Å². The predicted octanol–water partition coefficient (Wildman–Crippen LogP) is 5.52. The molecule has 0 spiro atoms. The lowest BCUT2D eigenvalue weighted by Gasteiger charge is -2.43. The highest BCUT2D eigenvalue weighted by Gasteiger charge is 2.50. The smallest absolute Gasteiger partial charge is 0.261 e. The van der Waals surface area contributed by atoms with Gasteiger partial charge >= 0.3 is 0 Å². The van der Waals surface area contributed by atoms with Crippen molar-refractivity contribution < 1.29 is 13.4 Å². The van der Waals surface area contributed by atoms with Crippen LogP contribution >= 0.6 is 0 Å². The number of ether oxygens (including phenoxy) is 1. The van der Waals surface area contributed by atoms with Crippen LogP contribution in [-0.4, -0.2) is 36.7 Å². The molecule has 0 aliphatic rings. The summed E-state index contributed by atoms with van der Waals surface area (Å²) in [5.41, 5.74) is 1.55. The van der Waals surface area contributed by atoms with Gasteiger partial charge in [-0.2, -0.15) is 4.40 Å². The second kappa shape index (κ2) is 11.0. The molecule has 0 aliphatic heterocycles. The summed E-state index contributed by atoms with van der Waals surface area (Å²) in [7, 11) is -2.54. The lowest BCUT2D eigenvalue weighted by atomic mass is 10.1. The first-order valence-corrected chi connectivity index (χ1v) is 14.9. The van der Waals surface area contributed by atoms with Gasteiger partial charge in [0.05, 0.1) is 24.2 Å². The van der Waals surface area contributed by atoms with E-state index in [0.717, 1.165) is 11.3 Å². The van der Waals surface area contributed by atoms with Gasteiger partial charge in [0, 0.05) is 0 Å². The van der Waals surface area contributed by atoms with Crippen LogP contribution < -0.4 is 15.1 Å². The molecule has 0 radical (unpaired) electrons. The lowest BCUT2D eigenvalue weighted by Crippen LogP contribution is -2.67. The third kappa shape index (κ3) is 6.18. The normalized spacial score (nSPS) is 14.0. The fourth-order valence-electron chi connectivity index (χ4n) is 4.12. The van der Waals surface area contributed by atoms with Crippen molar-refractivity contribution in [1.29, 1.82) is 0 Å². The third-order valence-corrected chi connectivity index (χ3v) is 12.4. The van der Waals surface area contributed by atoms with Crippen LogP contribution in [0.2, 0.25) is 5.04 Å². The molecule has 0 bridgehead atoms. The fraction of sp³-hybridized carbons (Fsp3) is 0.345. The topological polar surface area (TPSA) is 47.9 Å². The molecule has 0 saturated heterocycles. The lowest BCUT2D eigenvalue weighted by molar-refractivity contribution is 0.352. The van der Waals surface area contributed by atoms with E-state index in [9.17, 15) is 4.21 Å². The largest absolute Gasteiger partial charge is 0.497 e. The Balaban J connectivity index is 2.14. The molecular formula is C29H37NO3SSi. The highest BCUT2D eigenvalue weighted by atomic mass is 32.2. The molecule has 3 rings (SSSR count). The van der Waals surface area contributed by atoms with Crippen molar-refractivity contribution in [3.63, 3.8) is 0 Å². The zero-order valence-electron chi connectivity index (χ0n) is 21.9. The fourth-order valence-corrected chi connectivity index (χ4v) is 9.26. The van der Waals surface area contributed by atoms with Crippen molar-refractivity contribution >= 4 is 35.4 Å². The van der Waals surface area contributed by atoms with Crippen LogP contribution in [0.4, 0.5) is 0 Å². The van der Waals surface area contributed by atoms with Crippen LogP contribution in [0.5, 0.6) is 5.75 Å². The van der Waals surface area contributed by atoms with E-state index in [1.165, 1.54) is 10.4 Å². The molecular weight excluding hydrogens is 470 g/mol. The molecule has 0 amide bonds. The van der Waals surface area contributed by atoms with Crippen molar-refractivity contribution in [1.82, 2.24) is 0 Å². The third-order valence-electron chi connectivity index (χ3n) is 5.98. The van der Waals surface area contributed by atoms with Crippen molar-refractivity contribution in [2.45, 2.75) is 51.3 Å². The van der Waals surface area contributed by atoms with Crippen LogP contribution in [-0.2, 0) is 15.4 Å². The Bertz CT molecular complexity index is 1110. The molecule has 0 N–H and O–H groups in total. The van der Waals surface area contributed by atoms with Crippen LogP contribution in [0.25, 0.3) is 0 Å². The summed E-state index contributed by atoms with van der Waals surface area (Å²) in [5.74, 6) is 0.762. The van der Waals surface area contributed by atoms with Crippen molar-refractivity contribution in [2.24, 2.45) is 4.40 Å². The van der Waals surface area contributed by atoms with Gasteiger partial charge in [0.25, 0.3) is 8.32 Å². The molecule has 6 heteroatoms. The van der Waals surface area contributed by atoms with Crippen molar-refractivity contribution in [2.75, 3.05) is 13.7 Å². The Morgan fingerprint density at radius 1 is 0.800 bits per heavy atom. The first-order valence-electron chi connectivity index (χ1n) is 11.9. The zero-order chi connectivity index (χ0) is 25.7. The maximum atomic E-state index is 13.1. The van der Waals surface area contributed by atoms with Gasteiger partial charge in [0.1, 0.15) is 16.7 Å². The molecule has 186 valence electrons. The highest BCUT2D eigenvalue weighted by Crippen LogP contribution is 2.37. The zero-order valence-corrected chi connectivity index (χ0v) is 23.7. The molecule has 0 unspecified atom stereocenters. The van der Waals surface area contributed by atoms with E-state index in [4.69, 9.17) is 13.6 Å². The summed E-state index contributed by atoms with van der Waals surface area (Å²) in [5, 5.41) is 2.23. The summed E-state index contributed by atoms with van der Waals surface area (Å²) in [6.07, 6.45) is 0. The monoisotopic (exact) mass is 507 g/mol.